The minimum absolute atomic E-state index is 0.000923. The molecule has 16 heavy (non-hydrogen) atoms. The molecule has 2 fully saturated rings. The summed E-state index contributed by atoms with van der Waals surface area (Å²) in [5.74, 6) is 0.0609. The highest BCUT2D eigenvalue weighted by molar-refractivity contribution is 8.00. The van der Waals surface area contributed by atoms with Gasteiger partial charge < -0.3 is 10.2 Å². The van der Waals surface area contributed by atoms with Crippen LogP contribution in [0.3, 0.4) is 0 Å². The first-order chi connectivity index (χ1) is 7.62. The van der Waals surface area contributed by atoms with E-state index in [4.69, 9.17) is 0 Å². The highest BCUT2D eigenvalue weighted by atomic mass is 32.2. The van der Waals surface area contributed by atoms with E-state index in [1.165, 1.54) is 0 Å². The molecule has 1 saturated carbocycles. The van der Waals surface area contributed by atoms with Crippen LogP contribution in [0, 0.1) is 0 Å². The summed E-state index contributed by atoms with van der Waals surface area (Å²) in [6.45, 7) is 2.85. The maximum absolute atomic E-state index is 11.8. The quantitative estimate of drug-likeness (QED) is 0.786. The zero-order valence-corrected chi connectivity index (χ0v) is 10.6. The maximum Gasteiger partial charge on any atom is 0.243 e. The van der Waals surface area contributed by atoms with Gasteiger partial charge in [0.15, 0.2) is 0 Å². The van der Waals surface area contributed by atoms with Gasteiger partial charge in [0.1, 0.15) is 6.04 Å². The molecule has 0 radical (unpaired) electrons. The molecule has 1 atom stereocenters. The van der Waals surface area contributed by atoms with Gasteiger partial charge in [-0.2, -0.15) is 11.8 Å². The zero-order chi connectivity index (χ0) is 11.8. The Morgan fingerprint density at radius 1 is 1.50 bits per heavy atom. The van der Waals surface area contributed by atoms with Crippen LogP contribution in [0.1, 0.15) is 26.2 Å². The van der Waals surface area contributed by atoms with Crippen molar-refractivity contribution < 1.29 is 9.59 Å². The van der Waals surface area contributed by atoms with E-state index in [-0.39, 0.29) is 29.1 Å². The van der Waals surface area contributed by atoms with E-state index in [9.17, 15) is 9.59 Å². The topological polar surface area (TPSA) is 49.4 Å². The number of hydrogen-bond acceptors (Lipinski definition) is 3. The van der Waals surface area contributed by atoms with Crippen molar-refractivity contribution in [2.75, 3.05) is 19.3 Å². The lowest BCUT2D eigenvalue weighted by Gasteiger charge is -2.36. The molecule has 1 saturated heterocycles. The maximum atomic E-state index is 11.8. The van der Waals surface area contributed by atoms with E-state index in [0.29, 0.717) is 6.42 Å². The van der Waals surface area contributed by atoms with Gasteiger partial charge in [-0.15, -0.1) is 0 Å². The van der Waals surface area contributed by atoms with Crippen molar-refractivity contribution in [1.29, 1.82) is 0 Å². The smallest absolute Gasteiger partial charge is 0.243 e. The van der Waals surface area contributed by atoms with Crippen molar-refractivity contribution in [2.45, 2.75) is 37.0 Å². The van der Waals surface area contributed by atoms with Crippen LogP contribution in [-0.4, -0.2) is 46.8 Å². The second kappa shape index (κ2) is 4.28. The normalized spacial score (nSPS) is 27.9. The third-order valence-electron chi connectivity index (χ3n) is 3.50. The first-order valence-electron chi connectivity index (χ1n) is 5.74. The first kappa shape index (κ1) is 11.8. The third kappa shape index (κ3) is 2.05. The van der Waals surface area contributed by atoms with Gasteiger partial charge in [-0.3, -0.25) is 9.59 Å². The lowest BCUT2D eigenvalue weighted by molar-refractivity contribution is -0.145. The summed E-state index contributed by atoms with van der Waals surface area (Å²) in [6, 6.07) is -0.258. The van der Waals surface area contributed by atoms with Crippen LogP contribution >= 0.6 is 11.8 Å². The number of nitrogens with one attached hydrogen (secondary N) is 1. The van der Waals surface area contributed by atoms with Crippen LogP contribution in [0.2, 0.25) is 0 Å². The van der Waals surface area contributed by atoms with E-state index in [0.717, 1.165) is 19.4 Å². The van der Waals surface area contributed by atoms with Crippen molar-refractivity contribution in [3.8, 4) is 0 Å². The molecule has 1 aliphatic heterocycles. The minimum Gasteiger partial charge on any atom is -0.345 e. The van der Waals surface area contributed by atoms with Crippen LogP contribution in [-0.2, 0) is 9.59 Å². The van der Waals surface area contributed by atoms with Gasteiger partial charge in [0.2, 0.25) is 11.8 Å². The third-order valence-corrected chi connectivity index (χ3v) is 4.90. The Bertz CT molecular complexity index is 315. The van der Waals surface area contributed by atoms with E-state index >= 15 is 0 Å². The first-order valence-corrected chi connectivity index (χ1v) is 6.97. The van der Waals surface area contributed by atoms with Crippen LogP contribution in [0.25, 0.3) is 0 Å². The molecular formula is C11H18N2O2S. The molecule has 2 aliphatic rings. The minimum atomic E-state index is -0.258. The Kier molecular flexibility index (Phi) is 3.15. The fraction of sp³-hybridized carbons (Fsp3) is 0.818. The Morgan fingerprint density at radius 3 is 2.69 bits per heavy atom. The van der Waals surface area contributed by atoms with Gasteiger partial charge in [0.25, 0.3) is 0 Å². The number of hydrogen-bond donors (Lipinski definition) is 1. The summed E-state index contributed by atoms with van der Waals surface area (Å²) in [5.41, 5.74) is 0. The summed E-state index contributed by atoms with van der Waals surface area (Å²) < 4.78 is 0.237. The van der Waals surface area contributed by atoms with Gasteiger partial charge in [-0.1, -0.05) is 6.92 Å². The van der Waals surface area contributed by atoms with Gasteiger partial charge in [-0.25, -0.2) is 0 Å². The molecule has 0 bridgehead atoms. The lowest BCUT2D eigenvalue weighted by Crippen LogP contribution is -2.59. The Balaban J connectivity index is 2.09. The van der Waals surface area contributed by atoms with Crippen molar-refractivity contribution >= 4 is 23.6 Å². The molecule has 90 valence electrons. The fourth-order valence-electron chi connectivity index (χ4n) is 2.18. The predicted octanol–water partition coefficient (Wildman–Crippen LogP) is 0.619. The number of amides is 2. The number of nitrogens with zero attached hydrogens (tertiary/aromatic N) is 1. The Labute approximate surface area is 100 Å². The van der Waals surface area contributed by atoms with Crippen LogP contribution < -0.4 is 5.32 Å². The molecule has 4 nitrogen and oxygen atoms in total. The molecule has 2 amide bonds. The summed E-state index contributed by atoms with van der Waals surface area (Å²) in [6.07, 6.45) is 5.11. The van der Waals surface area contributed by atoms with Crippen LogP contribution in [0.5, 0.6) is 0 Å². The molecule has 1 unspecified atom stereocenters. The molecule has 0 aromatic carbocycles. The number of rotatable bonds is 4. The summed E-state index contributed by atoms with van der Waals surface area (Å²) in [5, 5.41) is 2.65. The molecule has 1 heterocycles. The second-order valence-corrected chi connectivity index (χ2v) is 5.82. The molecule has 0 aromatic rings. The van der Waals surface area contributed by atoms with Crippen molar-refractivity contribution in [3.63, 3.8) is 0 Å². The second-order valence-electron chi connectivity index (χ2n) is 4.55. The number of carbonyl (C=O) groups excluding carboxylic acids is 2. The average Bonchev–Trinajstić information content (AvgIpc) is 3.05. The molecule has 5 heteroatoms. The number of thioether (sulfide) groups is 1. The number of carbonyl (C=O) groups is 2. The van der Waals surface area contributed by atoms with E-state index < -0.39 is 0 Å². The van der Waals surface area contributed by atoms with Crippen molar-refractivity contribution in [2.24, 2.45) is 0 Å². The fourth-order valence-corrected chi connectivity index (χ4v) is 2.96. The standard InChI is InChI=1S/C11H18N2O2S/c1-3-8-10(15)12-6-9(14)13(8)7-11(16-2)4-5-11/h8H,3-7H2,1-2H3,(H,12,15). The zero-order valence-electron chi connectivity index (χ0n) is 9.78. The lowest BCUT2D eigenvalue weighted by atomic mass is 10.1. The molecule has 1 aliphatic carbocycles. The van der Waals surface area contributed by atoms with Gasteiger partial charge in [-0.05, 0) is 25.5 Å². The summed E-state index contributed by atoms with van der Waals surface area (Å²) in [4.78, 5) is 25.3. The average molecular weight is 242 g/mol. The van der Waals surface area contributed by atoms with Crippen molar-refractivity contribution in [1.82, 2.24) is 10.2 Å². The van der Waals surface area contributed by atoms with Crippen LogP contribution in [0.4, 0.5) is 0 Å². The van der Waals surface area contributed by atoms with Gasteiger partial charge in [0, 0.05) is 11.3 Å². The molecule has 0 aromatic heterocycles. The number of piperazine rings is 1. The largest absolute Gasteiger partial charge is 0.345 e. The highest BCUT2D eigenvalue weighted by Gasteiger charge is 2.47. The molecule has 1 N–H and O–H groups in total. The monoisotopic (exact) mass is 242 g/mol. The molecule has 0 spiro atoms. The summed E-state index contributed by atoms with van der Waals surface area (Å²) >= 11 is 1.82. The van der Waals surface area contributed by atoms with E-state index in [1.807, 2.05) is 18.7 Å². The van der Waals surface area contributed by atoms with Crippen LogP contribution in [0.15, 0.2) is 0 Å². The molecule has 2 rings (SSSR count). The van der Waals surface area contributed by atoms with Gasteiger partial charge in [0.05, 0.1) is 6.54 Å². The highest BCUT2D eigenvalue weighted by Crippen LogP contribution is 2.48. The van der Waals surface area contributed by atoms with Gasteiger partial charge >= 0.3 is 0 Å². The Morgan fingerprint density at radius 2 is 2.19 bits per heavy atom. The molecular weight excluding hydrogens is 224 g/mol. The summed E-state index contributed by atoms with van der Waals surface area (Å²) in [7, 11) is 0. The van der Waals surface area contributed by atoms with E-state index in [1.54, 1.807) is 4.90 Å². The Hall–Kier alpha value is -0.710. The van der Waals surface area contributed by atoms with E-state index in [2.05, 4.69) is 11.6 Å². The SMILES string of the molecule is CCC1C(=O)NCC(=O)N1CC1(SC)CC1. The van der Waals surface area contributed by atoms with Crippen molar-refractivity contribution in [3.05, 3.63) is 0 Å². The predicted molar refractivity (Wildman–Crippen MR) is 64.3 cm³/mol.